The molecule has 4 N–H and O–H groups in total. The van der Waals surface area contributed by atoms with Gasteiger partial charge in [-0.2, -0.15) is 0 Å². The lowest BCUT2D eigenvalue weighted by Crippen LogP contribution is -2.66. The van der Waals surface area contributed by atoms with E-state index in [0.717, 1.165) is 38.8 Å². The Balaban J connectivity index is 2.22. The topological polar surface area (TPSA) is 72.3 Å². The zero-order valence-electron chi connectivity index (χ0n) is 7.83. The number of hydrogen-bond acceptors (Lipinski definition) is 3. The fraction of sp³-hybridized carbons (Fsp3) is 0.889. The van der Waals surface area contributed by atoms with E-state index in [-0.39, 0.29) is 11.9 Å². The molecule has 2 aliphatic rings. The maximum Gasteiger partial charge on any atom is 0.239 e. The predicted octanol–water partition coefficient (Wildman–Crippen LogP) is -0.573. The number of carbonyl (C=O) groups excluding carboxylic acids is 1. The van der Waals surface area contributed by atoms with Gasteiger partial charge in [-0.3, -0.25) is 9.69 Å². The lowest BCUT2D eigenvalue weighted by atomic mass is 9.81. The summed E-state index contributed by atoms with van der Waals surface area (Å²) >= 11 is 0. The van der Waals surface area contributed by atoms with Crippen molar-refractivity contribution in [3.8, 4) is 0 Å². The summed E-state index contributed by atoms with van der Waals surface area (Å²) in [4.78, 5) is 13.6. The Morgan fingerprint density at radius 3 is 2.77 bits per heavy atom. The monoisotopic (exact) mass is 183 g/mol. The molecule has 2 saturated heterocycles. The number of fused-ring (bicyclic) bond motifs is 1. The van der Waals surface area contributed by atoms with Crippen molar-refractivity contribution >= 4 is 5.91 Å². The van der Waals surface area contributed by atoms with Crippen LogP contribution in [-0.2, 0) is 4.79 Å². The van der Waals surface area contributed by atoms with E-state index in [4.69, 9.17) is 11.5 Å². The van der Waals surface area contributed by atoms with Gasteiger partial charge in [-0.1, -0.05) is 0 Å². The molecule has 4 nitrogen and oxygen atoms in total. The first-order valence-electron chi connectivity index (χ1n) is 4.97. The van der Waals surface area contributed by atoms with E-state index in [1.165, 1.54) is 0 Å². The molecule has 2 aliphatic heterocycles. The maximum atomic E-state index is 11.3. The minimum atomic E-state index is -0.755. The molecular formula is C9H17N3O. The second-order valence-corrected chi connectivity index (χ2v) is 4.20. The highest BCUT2D eigenvalue weighted by atomic mass is 16.1. The first-order chi connectivity index (χ1) is 6.14. The second kappa shape index (κ2) is 2.96. The fourth-order valence-electron chi connectivity index (χ4n) is 2.71. The number of hydrogen-bond donors (Lipinski definition) is 2. The Bertz CT molecular complexity index is 231. The second-order valence-electron chi connectivity index (χ2n) is 4.20. The molecular weight excluding hydrogens is 166 g/mol. The van der Waals surface area contributed by atoms with Gasteiger partial charge in [0.05, 0.1) is 0 Å². The third-order valence-corrected chi connectivity index (χ3v) is 3.45. The van der Waals surface area contributed by atoms with Crippen molar-refractivity contribution in [1.29, 1.82) is 0 Å². The van der Waals surface area contributed by atoms with Gasteiger partial charge in [0.2, 0.25) is 5.91 Å². The van der Waals surface area contributed by atoms with Crippen LogP contribution in [0.25, 0.3) is 0 Å². The molecule has 74 valence electrons. The number of nitrogens with two attached hydrogens (primary N) is 2. The van der Waals surface area contributed by atoms with E-state index in [9.17, 15) is 4.79 Å². The van der Waals surface area contributed by atoms with Crippen molar-refractivity contribution in [3.05, 3.63) is 0 Å². The highest BCUT2D eigenvalue weighted by Crippen LogP contribution is 2.32. The summed E-state index contributed by atoms with van der Waals surface area (Å²) < 4.78 is 0. The van der Waals surface area contributed by atoms with Crippen LogP contribution in [0, 0.1) is 0 Å². The van der Waals surface area contributed by atoms with Gasteiger partial charge < -0.3 is 11.5 Å². The molecule has 0 saturated carbocycles. The summed E-state index contributed by atoms with van der Waals surface area (Å²) in [5.41, 5.74) is 10.7. The molecule has 13 heavy (non-hydrogen) atoms. The lowest BCUT2D eigenvalue weighted by molar-refractivity contribution is -0.126. The molecule has 4 heteroatoms. The van der Waals surface area contributed by atoms with E-state index in [1.807, 2.05) is 0 Å². The number of amides is 1. The molecule has 0 radical (unpaired) electrons. The smallest absolute Gasteiger partial charge is 0.239 e. The summed E-state index contributed by atoms with van der Waals surface area (Å²) in [5, 5.41) is 0. The van der Waals surface area contributed by atoms with Gasteiger partial charge in [-0.05, 0) is 38.8 Å². The van der Waals surface area contributed by atoms with Crippen molar-refractivity contribution in [2.24, 2.45) is 11.5 Å². The predicted molar refractivity (Wildman–Crippen MR) is 49.9 cm³/mol. The van der Waals surface area contributed by atoms with Crippen LogP contribution in [0.2, 0.25) is 0 Å². The zero-order chi connectivity index (χ0) is 9.47. The average molecular weight is 183 g/mol. The van der Waals surface area contributed by atoms with E-state index in [2.05, 4.69) is 4.90 Å². The highest BCUT2D eigenvalue weighted by molar-refractivity contribution is 5.85. The Kier molecular flexibility index (Phi) is 2.04. The van der Waals surface area contributed by atoms with Crippen molar-refractivity contribution in [3.63, 3.8) is 0 Å². The quantitative estimate of drug-likeness (QED) is 0.571. The molecule has 1 amide bonds. The van der Waals surface area contributed by atoms with E-state index in [0.29, 0.717) is 0 Å². The van der Waals surface area contributed by atoms with Gasteiger partial charge >= 0.3 is 0 Å². The summed E-state index contributed by atoms with van der Waals surface area (Å²) in [6.45, 7) is 2.16. The Hall–Kier alpha value is -0.610. The normalized spacial score (nSPS) is 40.2. The summed E-state index contributed by atoms with van der Waals surface area (Å²) in [6, 6.07) is 0.207. The summed E-state index contributed by atoms with van der Waals surface area (Å²) in [5.74, 6) is -0.330. The molecule has 2 heterocycles. The Morgan fingerprint density at radius 2 is 2.08 bits per heavy atom. The van der Waals surface area contributed by atoms with Crippen LogP contribution in [0.15, 0.2) is 0 Å². The first-order valence-corrected chi connectivity index (χ1v) is 4.97. The minimum absolute atomic E-state index is 0.207. The van der Waals surface area contributed by atoms with Crippen LogP contribution in [0.3, 0.4) is 0 Å². The van der Waals surface area contributed by atoms with Crippen molar-refractivity contribution < 1.29 is 4.79 Å². The maximum absolute atomic E-state index is 11.3. The van der Waals surface area contributed by atoms with E-state index < -0.39 is 5.54 Å². The van der Waals surface area contributed by atoms with Gasteiger partial charge in [0.1, 0.15) is 5.54 Å². The number of carbonyl (C=O) groups is 1. The molecule has 2 fully saturated rings. The standard InChI is InChI=1S/C9H17N3O/c10-8(13)9(11)4-2-6-12-5-1-3-7(9)12/h7H,1-6,11H2,(H2,10,13). The van der Waals surface area contributed by atoms with Gasteiger partial charge in [0.25, 0.3) is 0 Å². The number of nitrogens with zero attached hydrogens (tertiary/aromatic N) is 1. The van der Waals surface area contributed by atoms with Crippen molar-refractivity contribution in [1.82, 2.24) is 4.90 Å². The Labute approximate surface area is 78.2 Å². The van der Waals surface area contributed by atoms with Crippen LogP contribution >= 0.6 is 0 Å². The molecule has 2 atom stereocenters. The SMILES string of the molecule is NC(=O)C1(N)CCCN2CCCC21. The number of rotatable bonds is 1. The van der Waals surface area contributed by atoms with E-state index in [1.54, 1.807) is 0 Å². The number of piperidine rings is 1. The highest BCUT2D eigenvalue weighted by Gasteiger charge is 2.47. The number of primary amides is 1. The zero-order valence-corrected chi connectivity index (χ0v) is 7.83. The molecule has 0 bridgehead atoms. The van der Waals surface area contributed by atoms with Crippen LogP contribution in [0.5, 0.6) is 0 Å². The van der Waals surface area contributed by atoms with E-state index >= 15 is 0 Å². The Morgan fingerprint density at radius 1 is 1.38 bits per heavy atom. The van der Waals surface area contributed by atoms with Crippen LogP contribution < -0.4 is 11.5 Å². The van der Waals surface area contributed by atoms with Gasteiger partial charge in [-0.25, -0.2) is 0 Å². The van der Waals surface area contributed by atoms with Crippen LogP contribution in [-0.4, -0.2) is 35.5 Å². The van der Waals surface area contributed by atoms with Crippen LogP contribution in [0.4, 0.5) is 0 Å². The van der Waals surface area contributed by atoms with Crippen LogP contribution in [0.1, 0.15) is 25.7 Å². The fourth-order valence-corrected chi connectivity index (χ4v) is 2.71. The third kappa shape index (κ3) is 1.25. The third-order valence-electron chi connectivity index (χ3n) is 3.45. The molecule has 0 aromatic heterocycles. The molecule has 0 spiro atoms. The lowest BCUT2D eigenvalue weighted by Gasteiger charge is -2.42. The van der Waals surface area contributed by atoms with Crippen molar-refractivity contribution in [2.45, 2.75) is 37.3 Å². The molecule has 2 unspecified atom stereocenters. The van der Waals surface area contributed by atoms with Gasteiger partial charge in [-0.15, -0.1) is 0 Å². The molecule has 2 rings (SSSR count). The summed E-state index contributed by atoms with van der Waals surface area (Å²) in [7, 11) is 0. The molecule has 0 aromatic carbocycles. The van der Waals surface area contributed by atoms with Gasteiger partial charge in [0.15, 0.2) is 0 Å². The minimum Gasteiger partial charge on any atom is -0.368 e. The summed E-state index contributed by atoms with van der Waals surface area (Å²) in [6.07, 6.45) is 3.93. The van der Waals surface area contributed by atoms with Gasteiger partial charge in [0, 0.05) is 6.04 Å². The molecule has 0 aliphatic carbocycles. The largest absolute Gasteiger partial charge is 0.368 e. The first kappa shape index (κ1) is 8.97. The van der Waals surface area contributed by atoms with Crippen molar-refractivity contribution in [2.75, 3.05) is 13.1 Å². The average Bonchev–Trinajstić information content (AvgIpc) is 2.53. The molecule has 0 aromatic rings.